The molecule has 1 amide bonds. The summed E-state index contributed by atoms with van der Waals surface area (Å²) < 4.78 is 33.4. The fraction of sp³-hybridized carbons (Fsp3) is 0.409. The molecule has 2 rings (SSSR count). The Bertz CT molecular complexity index is 972. The summed E-state index contributed by atoms with van der Waals surface area (Å²) in [5.74, 6) is 0.363. The lowest BCUT2D eigenvalue weighted by atomic mass is 10.0. The summed E-state index contributed by atoms with van der Waals surface area (Å²) in [6.45, 7) is 5.38. The summed E-state index contributed by atoms with van der Waals surface area (Å²) in [7, 11) is 0.657. The highest BCUT2D eigenvalue weighted by atomic mass is 32.2. The van der Waals surface area contributed by atoms with Crippen LogP contribution in [0.1, 0.15) is 36.1 Å². The smallest absolute Gasteiger partial charge is 0.304 e. The van der Waals surface area contributed by atoms with Gasteiger partial charge >= 0.3 is 10.2 Å². The number of ether oxygens (including phenoxy) is 1. The summed E-state index contributed by atoms with van der Waals surface area (Å²) in [6.07, 6.45) is 0.669. The van der Waals surface area contributed by atoms with Crippen molar-refractivity contribution in [2.24, 2.45) is 0 Å². The first kappa shape index (κ1) is 23.7. The van der Waals surface area contributed by atoms with E-state index in [-0.39, 0.29) is 18.5 Å². The van der Waals surface area contributed by atoms with Crippen LogP contribution in [0.15, 0.2) is 42.5 Å². The van der Waals surface area contributed by atoms with Crippen molar-refractivity contribution in [1.82, 2.24) is 9.62 Å². The predicted octanol–water partition coefficient (Wildman–Crippen LogP) is 3.19. The van der Waals surface area contributed by atoms with E-state index in [4.69, 9.17) is 4.74 Å². The number of methoxy groups -OCH3 is 1. The number of carbonyl (C=O) groups is 1. The first-order valence-electron chi connectivity index (χ1n) is 9.80. The lowest BCUT2D eigenvalue weighted by Gasteiger charge is -2.29. The maximum absolute atomic E-state index is 13.0. The standard InChI is InChI=1S/C22H31N3O4S/c1-7-20(18-10-12-19(29-6)13-11-18)23-22(26)15-25(30(27,28)24(4)5)21-14-16(2)8-9-17(21)3/h8-14,20H,7,15H2,1-6H3,(H,23,26)/t20-/m0/s1. The van der Waals surface area contributed by atoms with Crippen LogP contribution >= 0.6 is 0 Å². The molecule has 0 bridgehead atoms. The van der Waals surface area contributed by atoms with Crippen LogP contribution in [-0.2, 0) is 15.0 Å². The quantitative estimate of drug-likeness (QED) is 0.659. The van der Waals surface area contributed by atoms with E-state index >= 15 is 0 Å². The van der Waals surface area contributed by atoms with Crippen LogP contribution in [-0.4, -0.2) is 46.4 Å². The van der Waals surface area contributed by atoms with Crippen molar-refractivity contribution < 1.29 is 17.9 Å². The molecule has 30 heavy (non-hydrogen) atoms. The van der Waals surface area contributed by atoms with Crippen LogP contribution in [0.5, 0.6) is 5.75 Å². The van der Waals surface area contributed by atoms with Crippen molar-refractivity contribution in [3.63, 3.8) is 0 Å². The van der Waals surface area contributed by atoms with Crippen LogP contribution in [0.2, 0.25) is 0 Å². The van der Waals surface area contributed by atoms with E-state index in [1.807, 2.05) is 57.2 Å². The van der Waals surface area contributed by atoms with E-state index < -0.39 is 10.2 Å². The van der Waals surface area contributed by atoms with Gasteiger partial charge in [0.1, 0.15) is 12.3 Å². The van der Waals surface area contributed by atoms with Crippen LogP contribution in [0, 0.1) is 13.8 Å². The molecule has 0 spiro atoms. The van der Waals surface area contributed by atoms with Crippen molar-refractivity contribution in [2.75, 3.05) is 32.1 Å². The zero-order valence-corrected chi connectivity index (χ0v) is 19.3. The highest BCUT2D eigenvalue weighted by Gasteiger charge is 2.29. The van der Waals surface area contributed by atoms with E-state index in [1.165, 1.54) is 14.1 Å². The van der Waals surface area contributed by atoms with Gasteiger partial charge in [0.05, 0.1) is 18.8 Å². The summed E-state index contributed by atoms with van der Waals surface area (Å²) in [5, 5.41) is 2.96. The number of carbonyl (C=O) groups excluding carboxylic acids is 1. The molecule has 0 unspecified atom stereocenters. The third-order valence-electron chi connectivity index (χ3n) is 4.92. The summed E-state index contributed by atoms with van der Waals surface area (Å²) >= 11 is 0. The average molecular weight is 434 g/mol. The lowest BCUT2D eigenvalue weighted by Crippen LogP contribution is -2.46. The molecule has 2 aromatic rings. The van der Waals surface area contributed by atoms with Gasteiger partial charge in [-0.1, -0.05) is 31.2 Å². The maximum atomic E-state index is 13.0. The minimum atomic E-state index is -3.85. The minimum absolute atomic E-state index is 0.231. The van der Waals surface area contributed by atoms with E-state index in [1.54, 1.807) is 13.2 Å². The second kappa shape index (κ2) is 9.95. The molecule has 0 saturated carbocycles. The van der Waals surface area contributed by atoms with E-state index in [0.717, 1.165) is 31.1 Å². The molecule has 0 aromatic heterocycles. The molecule has 2 aromatic carbocycles. The fourth-order valence-corrected chi connectivity index (χ4v) is 4.22. The van der Waals surface area contributed by atoms with Gasteiger partial charge in [0.15, 0.2) is 0 Å². The van der Waals surface area contributed by atoms with Gasteiger partial charge in [0, 0.05) is 14.1 Å². The number of benzene rings is 2. The van der Waals surface area contributed by atoms with Gasteiger partial charge in [0.25, 0.3) is 0 Å². The summed E-state index contributed by atoms with van der Waals surface area (Å²) in [5.41, 5.74) is 3.12. The highest BCUT2D eigenvalue weighted by Crippen LogP contribution is 2.26. The number of hydrogen-bond acceptors (Lipinski definition) is 4. The first-order chi connectivity index (χ1) is 14.1. The van der Waals surface area contributed by atoms with Gasteiger partial charge in [-0.2, -0.15) is 12.7 Å². The topological polar surface area (TPSA) is 79.0 Å². The second-order valence-corrected chi connectivity index (χ2v) is 9.45. The first-order valence-corrected chi connectivity index (χ1v) is 11.2. The second-order valence-electron chi connectivity index (χ2n) is 7.39. The van der Waals surface area contributed by atoms with Crippen molar-refractivity contribution in [1.29, 1.82) is 0 Å². The molecule has 0 aliphatic rings. The number of aryl methyl sites for hydroxylation is 2. The predicted molar refractivity (Wildman–Crippen MR) is 120 cm³/mol. The molecule has 0 radical (unpaired) electrons. The maximum Gasteiger partial charge on any atom is 0.304 e. The Labute approximate surface area is 179 Å². The Morgan fingerprint density at radius 2 is 1.73 bits per heavy atom. The normalized spacial score (nSPS) is 12.5. The minimum Gasteiger partial charge on any atom is -0.497 e. The van der Waals surface area contributed by atoms with Gasteiger partial charge in [-0.25, -0.2) is 4.31 Å². The Hall–Kier alpha value is -2.58. The monoisotopic (exact) mass is 433 g/mol. The van der Waals surface area contributed by atoms with Gasteiger partial charge in [0.2, 0.25) is 5.91 Å². The molecule has 1 atom stereocenters. The van der Waals surface area contributed by atoms with Crippen LogP contribution in [0.25, 0.3) is 0 Å². The molecule has 0 heterocycles. The Morgan fingerprint density at radius 1 is 1.10 bits per heavy atom. The number of rotatable bonds is 9. The van der Waals surface area contributed by atoms with E-state index in [0.29, 0.717) is 12.1 Å². The third-order valence-corrected chi connectivity index (χ3v) is 6.73. The molecule has 0 aliphatic carbocycles. The van der Waals surface area contributed by atoms with Crippen molar-refractivity contribution in [3.8, 4) is 5.75 Å². The lowest BCUT2D eigenvalue weighted by molar-refractivity contribution is -0.120. The van der Waals surface area contributed by atoms with E-state index in [2.05, 4.69) is 5.32 Å². The molecule has 1 N–H and O–H groups in total. The molecule has 0 saturated heterocycles. The molecule has 164 valence electrons. The molecule has 0 aliphatic heterocycles. The van der Waals surface area contributed by atoms with Crippen molar-refractivity contribution >= 4 is 21.8 Å². The fourth-order valence-electron chi connectivity index (χ4n) is 3.10. The van der Waals surface area contributed by atoms with Crippen LogP contribution in [0.4, 0.5) is 5.69 Å². The van der Waals surface area contributed by atoms with Gasteiger partial charge in [-0.05, 0) is 55.2 Å². The third kappa shape index (κ3) is 5.52. The summed E-state index contributed by atoms with van der Waals surface area (Å²) in [6, 6.07) is 12.8. The Balaban J connectivity index is 2.30. The highest BCUT2D eigenvalue weighted by molar-refractivity contribution is 7.90. The zero-order valence-electron chi connectivity index (χ0n) is 18.5. The molecule has 0 fully saturated rings. The molecular formula is C22H31N3O4S. The number of hydrogen-bond donors (Lipinski definition) is 1. The number of nitrogens with one attached hydrogen (secondary N) is 1. The van der Waals surface area contributed by atoms with E-state index in [9.17, 15) is 13.2 Å². The van der Waals surface area contributed by atoms with Gasteiger partial charge in [-0.15, -0.1) is 0 Å². The molecular weight excluding hydrogens is 402 g/mol. The van der Waals surface area contributed by atoms with Gasteiger partial charge in [-0.3, -0.25) is 4.79 Å². The van der Waals surface area contributed by atoms with Gasteiger partial charge < -0.3 is 10.1 Å². The largest absolute Gasteiger partial charge is 0.497 e. The average Bonchev–Trinajstić information content (AvgIpc) is 2.72. The Kier molecular flexibility index (Phi) is 7.86. The van der Waals surface area contributed by atoms with Crippen LogP contribution in [0.3, 0.4) is 0 Å². The van der Waals surface area contributed by atoms with Crippen molar-refractivity contribution in [2.45, 2.75) is 33.2 Å². The number of nitrogens with zero attached hydrogens (tertiary/aromatic N) is 2. The Morgan fingerprint density at radius 3 is 2.27 bits per heavy atom. The SMILES string of the molecule is CC[C@H](NC(=O)CN(c1cc(C)ccc1C)S(=O)(=O)N(C)C)c1ccc(OC)cc1. The van der Waals surface area contributed by atoms with Crippen molar-refractivity contribution in [3.05, 3.63) is 59.2 Å². The zero-order chi connectivity index (χ0) is 22.5. The molecule has 7 nitrogen and oxygen atoms in total. The number of amides is 1. The number of anilines is 1. The summed E-state index contributed by atoms with van der Waals surface area (Å²) in [4.78, 5) is 12.9. The molecule has 8 heteroatoms. The van der Waals surface area contributed by atoms with Crippen LogP contribution < -0.4 is 14.4 Å².